The number of nitrogens with zero attached hydrogens (tertiary/aromatic N) is 1. The Bertz CT molecular complexity index is 788. The molecule has 1 aromatic heterocycles. The van der Waals surface area contributed by atoms with Gasteiger partial charge in [0.15, 0.2) is 6.61 Å². The maximum atomic E-state index is 12.3. The summed E-state index contributed by atoms with van der Waals surface area (Å²) in [7, 11) is 0. The number of hydrogen-bond acceptors (Lipinski definition) is 4. The van der Waals surface area contributed by atoms with Crippen LogP contribution in [0.3, 0.4) is 0 Å². The van der Waals surface area contributed by atoms with Gasteiger partial charge in [-0.25, -0.2) is 4.79 Å². The number of ether oxygens (including phenoxy) is 1. The van der Waals surface area contributed by atoms with Crippen LogP contribution in [0, 0.1) is 0 Å². The first-order valence-corrected chi connectivity index (χ1v) is 9.14. The summed E-state index contributed by atoms with van der Waals surface area (Å²) in [6.07, 6.45) is 6.29. The van der Waals surface area contributed by atoms with Gasteiger partial charge in [0.2, 0.25) is 0 Å². The highest BCUT2D eigenvalue weighted by Gasteiger charge is 2.16. The molecule has 3 rings (SSSR count). The van der Waals surface area contributed by atoms with Crippen molar-refractivity contribution in [3.63, 3.8) is 0 Å². The second-order valence-corrected chi connectivity index (χ2v) is 6.58. The predicted molar refractivity (Wildman–Crippen MR) is 97.0 cm³/mol. The van der Waals surface area contributed by atoms with Gasteiger partial charge in [-0.15, -0.1) is 0 Å². The average Bonchev–Trinajstić information content (AvgIpc) is 2.89. The molecule has 0 atom stereocenters. The lowest BCUT2D eigenvalue weighted by atomic mass is 10.1. The smallest absolute Gasteiger partial charge is 0.336 e. The molecule has 5 nitrogen and oxygen atoms in total. The van der Waals surface area contributed by atoms with Gasteiger partial charge in [0, 0.05) is 30.6 Å². The highest BCUT2D eigenvalue weighted by Crippen LogP contribution is 2.23. The fraction of sp³-hybridized carbons (Fsp3) is 0.500. The van der Waals surface area contributed by atoms with Crippen LogP contribution in [0.4, 0.5) is 0 Å². The van der Waals surface area contributed by atoms with Crippen LogP contribution in [0.5, 0.6) is 5.75 Å². The van der Waals surface area contributed by atoms with Crippen LogP contribution in [-0.4, -0.2) is 30.5 Å². The molecule has 134 valence electrons. The molecule has 25 heavy (non-hydrogen) atoms. The van der Waals surface area contributed by atoms with Crippen molar-refractivity contribution in [2.75, 3.05) is 19.7 Å². The monoisotopic (exact) mass is 343 g/mol. The zero-order chi connectivity index (χ0) is 17.6. The summed E-state index contributed by atoms with van der Waals surface area (Å²) in [6, 6.07) is 6.98. The van der Waals surface area contributed by atoms with Crippen LogP contribution in [0.2, 0.25) is 0 Å². The summed E-state index contributed by atoms with van der Waals surface area (Å²) in [5, 5.41) is 0.924. The van der Waals surface area contributed by atoms with Gasteiger partial charge in [0.25, 0.3) is 5.91 Å². The number of rotatable bonds is 5. The van der Waals surface area contributed by atoms with Crippen LogP contribution in [0.25, 0.3) is 11.0 Å². The molecular weight excluding hydrogens is 318 g/mol. The van der Waals surface area contributed by atoms with E-state index in [2.05, 4.69) is 6.92 Å². The zero-order valence-electron chi connectivity index (χ0n) is 14.8. The highest BCUT2D eigenvalue weighted by molar-refractivity contribution is 5.82. The molecule has 0 N–H and O–H groups in total. The molecule has 0 spiro atoms. The molecular formula is C20H25NO4. The Balaban J connectivity index is 1.71. The normalized spacial score (nSPS) is 15.2. The standard InChI is InChI=1S/C20H25NO4/c1-2-7-15-12-20(23)25-18-13-16(8-9-17(15)18)24-14-19(22)21-10-5-3-4-6-11-21/h8-9,12-13H,2-7,10-11,14H2,1H3. The Labute approximate surface area is 147 Å². The van der Waals surface area contributed by atoms with Gasteiger partial charge in [0.1, 0.15) is 11.3 Å². The maximum absolute atomic E-state index is 12.3. The Morgan fingerprint density at radius 3 is 2.64 bits per heavy atom. The minimum Gasteiger partial charge on any atom is -0.484 e. The maximum Gasteiger partial charge on any atom is 0.336 e. The summed E-state index contributed by atoms with van der Waals surface area (Å²) in [6.45, 7) is 3.72. The number of amides is 1. The third kappa shape index (κ3) is 4.41. The molecule has 0 bridgehead atoms. The molecule has 1 aliphatic rings. The second kappa shape index (κ2) is 8.19. The van der Waals surface area contributed by atoms with E-state index in [1.165, 1.54) is 12.8 Å². The molecule has 0 saturated carbocycles. The van der Waals surface area contributed by atoms with Crippen molar-refractivity contribution < 1.29 is 13.9 Å². The molecule has 1 fully saturated rings. The third-order valence-electron chi connectivity index (χ3n) is 4.64. The summed E-state index contributed by atoms with van der Waals surface area (Å²) >= 11 is 0. The average molecular weight is 343 g/mol. The Kier molecular flexibility index (Phi) is 5.74. The highest BCUT2D eigenvalue weighted by atomic mass is 16.5. The SMILES string of the molecule is CCCc1cc(=O)oc2cc(OCC(=O)N3CCCCCC3)ccc12. The van der Waals surface area contributed by atoms with Crippen LogP contribution in [0.1, 0.15) is 44.6 Å². The van der Waals surface area contributed by atoms with E-state index in [-0.39, 0.29) is 18.1 Å². The van der Waals surface area contributed by atoms with Crippen molar-refractivity contribution in [2.45, 2.75) is 45.4 Å². The number of fused-ring (bicyclic) bond motifs is 1. The van der Waals surface area contributed by atoms with Crippen molar-refractivity contribution in [3.05, 3.63) is 40.2 Å². The minimum absolute atomic E-state index is 0.0168. The van der Waals surface area contributed by atoms with Gasteiger partial charge >= 0.3 is 5.63 Å². The molecule has 2 heterocycles. The minimum atomic E-state index is -0.353. The van der Waals surface area contributed by atoms with E-state index >= 15 is 0 Å². The molecule has 0 aliphatic carbocycles. The lowest BCUT2D eigenvalue weighted by Crippen LogP contribution is -2.35. The zero-order valence-corrected chi connectivity index (χ0v) is 14.8. The van der Waals surface area contributed by atoms with E-state index in [1.54, 1.807) is 12.1 Å². The lowest BCUT2D eigenvalue weighted by molar-refractivity contribution is -0.133. The van der Waals surface area contributed by atoms with Crippen LogP contribution >= 0.6 is 0 Å². The van der Waals surface area contributed by atoms with Crippen LogP contribution in [-0.2, 0) is 11.2 Å². The number of carbonyl (C=O) groups is 1. The summed E-state index contributed by atoms with van der Waals surface area (Å²) in [4.78, 5) is 25.9. The van der Waals surface area contributed by atoms with Crippen molar-refractivity contribution in [2.24, 2.45) is 0 Å². The number of carbonyl (C=O) groups excluding carboxylic acids is 1. The van der Waals surface area contributed by atoms with E-state index in [4.69, 9.17) is 9.15 Å². The van der Waals surface area contributed by atoms with Gasteiger partial charge in [-0.3, -0.25) is 4.79 Å². The topological polar surface area (TPSA) is 59.8 Å². The third-order valence-corrected chi connectivity index (χ3v) is 4.64. The molecule has 1 saturated heterocycles. The van der Waals surface area contributed by atoms with Gasteiger partial charge < -0.3 is 14.1 Å². The van der Waals surface area contributed by atoms with Crippen LogP contribution < -0.4 is 10.4 Å². The van der Waals surface area contributed by atoms with Gasteiger partial charge in [-0.2, -0.15) is 0 Å². The first-order valence-electron chi connectivity index (χ1n) is 9.14. The van der Waals surface area contributed by atoms with E-state index in [0.29, 0.717) is 11.3 Å². The second-order valence-electron chi connectivity index (χ2n) is 6.58. The first kappa shape index (κ1) is 17.5. The van der Waals surface area contributed by atoms with Gasteiger partial charge in [-0.05, 0) is 37.0 Å². The van der Waals surface area contributed by atoms with E-state index in [1.807, 2.05) is 17.0 Å². The molecule has 5 heteroatoms. The Morgan fingerprint density at radius 2 is 1.92 bits per heavy atom. The number of aryl methyl sites for hydroxylation is 1. The fourth-order valence-corrected chi connectivity index (χ4v) is 3.33. The number of likely N-dealkylation sites (tertiary alicyclic amines) is 1. The Hall–Kier alpha value is -2.30. The van der Waals surface area contributed by atoms with Crippen LogP contribution in [0.15, 0.2) is 33.5 Å². The molecule has 0 unspecified atom stereocenters. The van der Waals surface area contributed by atoms with E-state index in [9.17, 15) is 9.59 Å². The predicted octanol–water partition coefficient (Wildman–Crippen LogP) is 3.53. The quantitative estimate of drug-likeness (QED) is 0.779. The first-order chi connectivity index (χ1) is 12.2. The summed E-state index contributed by atoms with van der Waals surface area (Å²) < 4.78 is 11.0. The lowest BCUT2D eigenvalue weighted by Gasteiger charge is -2.20. The largest absolute Gasteiger partial charge is 0.484 e. The molecule has 1 aliphatic heterocycles. The number of benzene rings is 1. The molecule has 0 radical (unpaired) electrons. The van der Waals surface area contributed by atoms with Gasteiger partial charge in [-0.1, -0.05) is 26.2 Å². The molecule has 1 amide bonds. The van der Waals surface area contributed by atoms with E-state index < -0.39 is 0 Å². The van der Waals surface area contributed by atoms with Crippen molar-refractivity contribution in [1.29, 1.82) is 0 Å². The molecule has 1 aromatic carbocycles. The fourth-order valence-electron chi connectivity index (χ4n) is 3.33. The Morgan fingerprint density at radius 1 is 1.16 bits per heavy atom. The van der Waals surface area contributed by atoms with Crippen molar-refractivity contribution in [1.82, 2.24) is 4.90 Å². The number of hydrogen-bond donors (Lipinski definition) is 0. The molecule has 2 aromatic rings. The van der Waals surface area contributed by atoms with Gasteiger partial charge in [0.05, 0.1) is 0 Å². The van der Waals surface area contributed by atoms with Crippen molar-refractivity contribution in [3.8, 4) is 5.75 Å². The van der Waals surface area contributed by atoms with E-state index in [0.717, 1.165) is 49.7 Å². The van der Waals surface area contributed by atoms with Crippen molar-refractivity contribution >= 4 is 16.9 Å². The summed E-state index contributed by atoms with van der Waals surface area (Å²) in [5.74, 6) is 0.565. The summed E-state index contributed by atoms with van der Waals surface area (Å²) in [5.41, 5.74) is 1.14.